The molecule has 1 unspecified atom stereocenters. The Hall–Kier alpha value is -4.06. The number of hydrogen-bond acceptors (Lipinski definition) is 5. The highest BCUT2D eigenvalue weighted by atomic mass is 16.5. The lowest BCUT2D eigenvalue weighted by Gasteiger charge is -2.26. The van der Waals surface area contributed by atoms with Gasteiger partial charge in [0.05, 0.1) is 17.7 Å². The van der Waals surface area contributed by atoms with Crippen molar-refractivity contribution in [3.8, 4) is 11.5 Å². The second-order valence-corrected chi connectivity index (χ2v) is 8.69. The number of aliphatic hydroxyl groups excluding tert-OH is 1. The van der Waals surface area contributed by atoms with Crippen LogP contribution in [0.15, 0.2) is 72.3 Å². The van der Waals surface area contributed by atoms with Crippen LogP contribution in [0.2, 0.25) is 0 Å². The Morgan fingerprint density at radius 3 is 2.24 bits per heavy atom. The average Bonchev–Trinajstić information content (AvgIpc) is 3.06. The predicted octanol–water partition coefficient (Wildman–Crippen LogP) is 5.42. The van der Waals surface area contributed by atoms with Gasteiger partial charge in [0.2, 0.25) is 0 Å². The van der Waals surface area contributed by atoms with Gasteiger partial charge >= 0.3 is 0 Å². The van der Waals surface area contributed by atoms with Crippen molar-refractivity contribution >= 4 is 23.1 Å². The highest BCUT2D eigenvalue weighted by Gasteiger charge is 2.47. The topological polar surface area (TPSA) is 87.1 Å². The van der Waals surface area contributed by atoms with Gasteiger partial charge < -0.3 is 14.9 Å². The normalized spacial score (nSPS) is 17.4. The molecule has 0 spiro atoms. The van der Waals surface area contributed by atoms with Gasteiger partial charge in [0.25, 0.3) is 11.7 Å². The SMILES string of the molecule is Cc1cc(/C(O)=C2/C(=O)C(=O)N(c3ccccc3C)C2c2ccc(O)cc2)ccc1OC(C)C. The predicted molar refractivity (Wildman–Crippen MR) is 131 cm³/mol. The van der Waals surface area contributed by atoms with Crippen molar-refractivity contribution in [2.75, 3.05) is 4.90 Å². The van der Waals surface area contributed by atoms with Gasteiger partial charge in [-0.1, -0.05) is 30.3 Å². The number of ketones is 1. The van der Waals surface area contributed by atoms with Crippen LogP contribution in [0.4, 0.5) is 5.69 Å². The monoisotopic (exact) mass is 457 g/mol. The standard InChI is InChI=1S/C28H27NO5/c1-16(2)34-23-14-11-20(15-18(23)4)26(31)24-25(19-9-12-21(30)13-10-19)29(28(33)27(24)32)22-8-6-5-7-17(22)3/h5-16,25,30-31H,1-4H3/b26-24-. The number of carbonyl (C=O) groups is 2. The molecule has 3 aromatic rings. The third-order valence-corrected chi connectivity index (χ3v) is 5.84. The van der Waals surface area contributed by atoms with Crippen LogP contribution in [0.5, 0.6) is 11.5 Å². The molecule has 1 amide bonds. The molecule has 0 aromatic heterocycles. The summed E-state index contributed by atoms with van der Waals surface area (Å²) in [7, 11) is 0. The van der Waals surface area contributed by atoms with E-state index in [1.54, 1.807) is 42.5 Å². The van der Waals surface area contributed by atoms with Crippen molar-refractivity contribution in [1.82, 2.24) is 0 Å². The van der Waals surface area contributed by atoms with E-state index >= 15 is 0 Å². The molecule has 0 saturated carbocycles. The molecule has 1 fully saturated rings. The molecular formula is C28H27NO5. The molecule has 0 aliphatic carbocycles. The minimum absolute atomic E-state index is 0.00382. The summed E-state index contributed by atoms with van der Waals surface area (Å²) in [5.74, 6) is -0.994. The van der Waals surface area contributed by atoms with E-state index in [-0.39, 0.29) is 23.2 Å². The largest absolute Gasteiger partial charge is 0.508 e. The van der Waals surface area contributed by atoms with E-state index in [4.69, 9.17) is 4.74 Å². The van der Waals surface area contributed by atoms with E-state index < -0.39 is 17.7 Å². The van der Waals surface area contributed by atoms with Gasteiger partial charge in [0, 0.05) is 11.3 Å². The fraction of sp³-hybridized carbons (Fsp3) is 0.214. The van der Waals surface area contributed by atoms with E-state index in [0.29, 0.717) is 22.6 Å². The van der Waals surface area contributed by atoms with E-state index in [1.807, 2.05) is 39.8 Å². The van der Waals surface area contributed by atoms with E-state index in [9.17, 15) is 19.8 Å². The smallest absolute Gasteiger partial charge is 0.300 e. The third kappa shape index (κ3) is 4.15. The summed E-state index contributed by atoms with van der Waals surface area (Å²) in [5.41, 5.74) is 3.21. The first kappa shape index (κ1) is 23.1. The Balaban J connectivity index is 1.91. The maximum atomic E-state index is 13.3. The van der Waals surface area contributed by atoms with Crippen molar-refractivity contribution < 1.29 is 24.5 Å². The van der Waals surface area contributed by atoms with Gasteiger partial charge in [-0.25, -0.2) is 0 Å². The number of amides is 1. The average molecular weight is 458 g/mol. The summed E-state index contributed by atoms with van der Waals surface area (Å²) >= 11 is 0. The lowest BCUT2D eigenvalue weighted by atomic mass is 9.94. The lowest BCUT2D eigenvalue weighted by Crippen LogP contribution is -2.30. The number of carbonyl (C=O) groups excluding carboxylic acids is 2. The molecule has 3 aromatic carbocycles. The molecule has 1 atom stereocenters. The molecule has 1 aliphatic rings. The summed E-state index contributed by atoms with van der Waals surface area (Å²) in [4.78, 5) is 28.0. The van der Waals surface area contributed by atoms with Crippen molar-refractivity contribution in [3.63, 3.8) is 0 Å². The Morgan fingerprint density at radius 2 is 1.62 bits per heavy atom. The Bertz CT molecular complexity index is 1290. The molecule has 6 nitrogen and oxygen atoms in total. The zero-order valence-electron chi connectivity index (χ0n) is 19.6. The first-order valence-corrected chi connectivity index (χ1v) is 11.1. The number of aliphatic hydroxyl groups is 1. The van der Waals surface area contributed by atoms with Crippen LogP contribution < -0.4 is 9.64 Å². The Morgan fingerprint density at radius 1 is 0.941 bits per heavy atom. The minimum Gasteiger partial charge on any atom is -0.508 e. The molecule has 1 heterocycles. The van der Waals surface area contributed by atoms with Gasteiger partial charge in [-0.05, 0) is 80.8 Å². The number of rotatable bonds is 5. The highest BCUT2D eigenvalue weighted by Crippen LogP contribution is 2.43. The second-order valence-electron chi connectivity index (χ2n) is 8.69. The zero-order chi connectivity index (χ0) is 24.6. The van der Waals surface area contributed by atoms with E-state index in [1.165, 1.54) is 17.0 Å². The number of para-hydroxylation sites is 1. The summed E-state index contributed by atoms with van der Waals surface area (Å²) in [5, 5.41) is 21.1. The van der Waals surface area contributed by atoms with Crippen LogP contribution in [0, 0.1) is 13.8 Å². The maximum Gasteiger partial charge on any atom is 0.300 e. The van der Waals surface area contributed by atoms with Gasteiger partial charge in [0.15, 0.2) is 0 Å². The minimum atomic E-state index is -0.853. The molecule has 0 radical (unpaired) electrons. The molecule has 6 heteroatoms. The fourth-order valence-electron chi connectivity index (χ4n) is 4.23. The number of aryl methyl sites for hydroxylation is 2. The number of ether oxygens (including phenoxy) is 1. The van der Waals surface area contributed by atoms with Crippen LogP contribution in [0.3, 0.4) is 0 Å². The summed E-state index contributed by atoms with van der Waals surface area (Å²) in [6.07, 6.45) is -0.00733. The Kier molecular flexibility index (Phi) is 6.16. The number of anilines is 1. The zero-order valence-corrected chi connectivity index (χ0v) is 19.6. The molecule has 0 bridgehead atoms. The summed E-state index contributed by atoms with van der Waals surface area (Å²) < 4.78 is 5.78. The number of hydrogen-bond donors (Lipinski definition) is 2. The molecule has 174 valence electrons. The van der Waals surface area contributed by atoms with Gasteiger partial charge in [-0.15, -0.1) is 0 Å². The molecular weight excluding hydrogens is 430 g/mol. The van der Waals surface area contributed by atoms with Crippen molar-refractivity contribution in [3.05, 3.63) is 94.6 Å². The molecule has 34 heavy (non-hydrogen) atoms. The second kappa shape index (κ2) is 9.06. The highest BCUT2D eigenvalue weighted by molar-refractivity contribution is 6.51. The number of phenolic OH excluding ortho intramolecular Hbond substituents is 1. The van der Waals surface area contributed by atoms with Gasteiger partial charge in [-0.2, -0.15) is 0 Å². The van der Waals surface area contributed by atoms with Crippen molar-refractivity contribution in [1.29, 1.82) is 0 Å². The van der Waals surface area contributed by atoms with Crippen LogP contribution in [-0.2, 0) is 9.59 Å². The van der Waals surface area contributed by atoms with Crippen LogP contribution >= 0.6 is 0 Å². The Labute approximate surface area is 198 Å². The first-order chi connectivity index (χ1) is 16.2. The van der Waals surface area contributed by atoms with Crippen molar-refractivity contribution in [2.45, 2.75) is 39.8 Å². The number of phenols is 1. The molecule has 4 rings (SSSR count). The van der Waals surface area contributed by atoms with Gasteiger partial charge in [0.1, 0.15) is 17.3 Å². The maximum absolute atomic E-state index is 13.3. The van der Waals surface area contributed by atoms with Crippen molar-refractivity contribution in [2.24, 2.45) is 0 Å². The number of nitrogens with zero attached hydrogens (tertiary/aromatic N) is 1. The molecule has 1 aliphatic heterocycles. The van der Waals surface area contributed by atoms with Gasteiger partial charge in [-0.3, -0.25) is 14.5 Å². The third-order valence-electron chi connectivity index (χ3n) is 5.84. The molecule has 1 saturated heterocycles. The fourth-order valence-corrected chi connectivity index (χ4v) is 4.23. The molecule has 2 N–H and O–H groups in total. The van der Waals surface area contributed by atoms with Crippen LogP contribution in [0.25, 0.3) is 5.76 Å². The summed E-state index contributed by atoms with van der Waals surface area (Å²) in [6.45, 7) is 7.58. The summed E-state index contributed by atoms with van der Waals surface area (Å²) in [6, 6.07) is 17.9. The lowest BCUT2D eigenvalue weighted by molar-refractivity contribution is -0.132. The number of aromatic hydroxyl groups is 1. The van der Waals surface area contributed by atoms with E-state index in [0.717, 1.165) is 11.1 Å². The van der Waals surface area contributed by atoms with Crippen LogP contribution in [0.1, 0.15) is 42.1 Å². The quantitative estimate of drug-likeness (QED) is 0.303. The number of Topliss-reactive ketones (excluding diaryl/α,β-unsaturated/α-hetero) is 1. The van der Waals surface area contributed by atoms with E-state index in [2.05, 4.69) is 0 Å². The number of benzene rings is 3. The first-order valence-electron chi connectivity index (χ1n) is 11.1. The van der Waals surface area contributed by atoms with Crippen LogP contribution in [-0.4, -0.2) is 28.0 Å².